The Morgan fingerprint density at radius 1 is 1.07 bits per heavy atom. The van der Waals surface area contributed by atoms with E-state index < -0.39 is 10.0 Å². The molecule has 2 aromatic rings. The van der Waals surface area contributed by atoms with Crippen LogP contribution in [0, 0.1) is 0 Å². The first-order valence-corrected chi connectivity index (χ1v) is 12.1. The van der Waals surface area contributed by atoms with E-state index in [0.717, 1.165) is 10.6 Å². The van der Waals surface area contributed by atoms with E-state index in [1.54, 1.807) is 23.1 Å². The number of sulfonamides is 1. The second-order valence-corrected chi connectivity index (χ2v) is 9.77. The molecule has 0 aliphatic carbocycles. The Balaban J connectivity index is 1.52. The van der Waals surface area contributed by atoms with Crippen molar-refractivity contribution in [2.75, 3.05) is 38.5 Å². The summed E-state index contributed by atoms with van der Waals surface area (Å²) in [5, 5.41) is 0.206. The standard InChI is InChI=1S/C20H23ClN2O4S2/c1-2-27-16-7-9-17(10-8-16)28-15-20(24)22-11-13-23(14-12-22)29(25,26)19-6-4-3-5-18(19)21/h3-10H,2,11-15H2,1H3. The quantitative estimate of drug-likeness (QED) is 0.600. The highest BCUT2D eigenvalue weighted by molar-refractivity contribution is 8.00. The molecule has 0 atom stereocenters. The van der Waals surface area contributed by atoms with E-state index in [1.165, 1.54) is 22.1 Å². The first kappa shape index (κ1) is 22.0. The first-order chi connectivity index (χ1) is 13.9. The van der Waals surface area contributed by atoms with Gasteiger partial charge in [-0.15, -0.1) is 11.8 Å². The van der Waals surface area contributed by atoms with Crippen molar-refractivity contribution in [3.05, 3.63) is 53.6 Å². The van der Waals surface area contributed by atoms with Crippen LogP contribution in [0.1, 0.15) is 6.92 Å². The van der Waals surface area contributed by atoms with Gasteiger partial charge >= 0.3 is 0 Å². The van der Waals surface area contributed by atoms with Gasteiger partial charge in [0.1, 0.15) is 10.6 Å². The molecule has 0 saturated carbocycles. The predicted octanol–water partition coefficient (Wildman–Crippen LogP) is 3.36. The second kappa shape index (κ2) is 9.84. The fraction of sp³-hybridized carbons (Fsp3) is 0.350. The van der Waals surface area contributed by atoms with Crippen molar-refractivity contribution in [1.82, 2.24) is 9.21 Å². The van der Waals surface area contributed by atoms with Crippen molar-refractivity contribution >= 4 is 39.3 Å². The lowest BCUT2D eigenvalue weighted by Gasteiger charge is -2.34. The molecule has 0 spiro atoms. The fourth-order valence-corrected chi connectivity index (χ4v) is 5.72. The zero-order valence-corrected chi connectivity index (χ0v) is 18.5. The zero-order chi connectivity index (χ0) is 20.9. The smallest absolute Gasteiger partial charge is 0.244 e. The van der Waals surface area contributed by atoms with Crippen LogP contribution in [0.15, 0.2) is 58.3 Å². The van der Waals surface area contributed by atoms with E-state index >= 15 is 0 Å². The van der Waals surface area contributed by atoms with Gasteiger partial charge in [-0.25, -0.2) is 8.42 Å². The molecule has 29 heavy (non-hydrogen) atoms. The number of hydrogen-bond acceptors (Lipinski definition) is 5. The largest absolute Gasteiger partial charge is 0.494 e. The predicted molar refractivity (Wildman–Crippen MR) is 115 cm³/mol. The van der Waals surface area contributed by atoms with Crippen LogP contribution >= 0.6 is 23.4 Å². The number of carbonyl (C=O) groups is 1. The van der Waals surface area contributed by atoms with Gasteiger partial charge < -0.3 is 9.64 Å². The van der Waals surface area contributed by atoms with Crippen LogP contribution in [0.25, 0.3) is 0 Å². The third-order valence-electron chi connectivity index (χ3n) is 4.54. The number of hydrogen-bond donors (Lipinski definition) is 0. The van der Waals surface area contributed by atoms with Crippen LogP contribution in [0.3, 0.4) is 0 Å². The molecule has 0 unspecified atom stereocenters. The SMILES string of the molecule is CCOc1ccc(SCC(=O)N2CCN(S(=O)(=O)c3ccccc3Cl)CC2)cc1. The highest BCUT2D eigenvalue weighted by Crippen LogP contribution is 2.26. The minimum absolute atomic E-state index is 0.00123. The maximum absolute atomic E-state index is 12.8. The van der Waals surface area contributed by atoms with Crippen LogP contribution in [0.2, 0.25) is 5.02 Å². The van der Waals surface area contributed by atoms with Crippen LogP contribution in [0.5, 0.6) is 5.75 Å². The number of amides is 1. The van der Waals surface area contributed by atoms with E-state index in [1.807, 2.05) is 31.2 Å². The molecule has 6 nitrogen and oxygen atoms in total. The molecule has 1 aliphatic heterocycles. The maximum Gasteiger partial charge on any atom is 0.244 e. The number of nitrogens with zero attached hydrogens (tertiary/aromatic N) is 2. The Kier molecular flexibility index (Phi) is 7.45. The van der Waals surface area contributed by atoms with Crippen molar-refractivity contribution < 1.29 is 17.9 Å². The van der Waals surface area contributed by atoms with Crippen LogP contribution in [-0.4, -0.2) is 62.1 Å². The molecule has 1 fully saturated rings. The lowest BCUT2D eigenvalue weighted by Crippen LogP contribution is -2.51. The lowest BCUT2D eigenvalue weighted by atomic mass is 10.3. The molecular formula is C20H23ClN2O4S2. The summed E-state index contributed by atoms with van der Waals surface area (Å²) >= 11 is 7.51. The third kappa shape index (κ3) is 5.45. The Bertz CT molecular complexity index is 943. The number of halogens is 1. The summed E-state index contributed by atoms with van der Waals surface area (Å²) < 4.78 is 32.4. The Morgan fingerprint density at radius 2 is 1.72 bits per heavy atom. The van der Waals surface area contributed by atoms with Gasteiger partial charge in [0, 0.05) is 31.1 Å². The summed E-state index contributed by atoms with van der Waals surface area (Å²) in [7, 11) is -3.66. The van der Waals surface area contributed by atoms with Gasteiger partial charge in [-0.3, -0.25) is 4.79 Å². The molecule has 2 aromatic carbocycles. The van der Waals surface area contributed by atoms with Gasteiger partial charge in [-0.05, 0) is 43.3 Å². The number of thioether (sulfide) groups is 1. The molecule has 9 heteroatoms. The van der Waals surface area contributed by atoms with Gasteiger partial charge in [-0.2, -0.15) is 4.31 Å². The normalized spacial score (nSPS) is 15.3. The van der Waals surface area contributed by atoms with E-state index in [-0.39, 0.29) is 28.9 Å². The van der Waals surface area contributed by atoms with Crippen molar-refractivity contribution in [1.29, 1.82) is 0 Å². The van der Waals surface area contributed by atoms with Crippen LogP contribution in [0.4, 0.5) is 0 Å². The molecule has 1 aliphatic rings. The molecule has 0 bridgehead atoms. The Hall–Kier alpha value is -1.74. The second-order valence-electron chi connectivity index (χ2n) is 6.41. The molecule has 0 radical (unpaired) electrons. The van der Waals surface area contributed by atoms with Crippen LogP contribution in [-0.2, 0) is 14.8 Å². The van der Waals surface area contributed by atoms with Gasteiger partial charge in [0.25, 0.3) is 0 Å². The van der Waals surface area contributed by atoms with E-state index in [2.05, 4.69) is 0 Å². The summed E-state index contributed by atoms with van der Waals surface area (Å²) in [6.45, 7) is 3.79. The highest BCUT2D eigenvalue weighted by atomic mass is 35.5. The highest BCUT2D eigenvalue weighted by Gasteiger charge is 2.31. The number of piperazine rings is 1. The lowest BCUT2D eigenvalue weighted by molar-refractivity contribution is -0.129. The first-order valence-electron chi connectivity index (χ1n) is 9.30. The van der Waals surface area contributed by atoms with Gasteiger partial charge in [-0.1, -0.05) is 23.7 Å². The molecule has 1 heterocycles. The Morgan fingerprint density at radius 3 is 2.34 bits per heavy atom. The number of carbonyl (C=O) groups excluding carboxylic acids is 1. The monoisotopic (exact) mass is 454 g/mol. The third-order valence-corrected chi connectivity index (χ3v) is 7.94. The Labute approximate surface area is 180 Å². The summed E-state index contributed by atoms with van der Waals surface area (Å²) in [6.07, 6.45) is 0. The molecule has 0 N–H and O–H groups in total. The van der Waals surface area contributed by atoms with Crippen molar-refractivity contribution in [3.8, 4) is 5.75 Å². The van der Waals surface area contributed by atoms with Crippen molar-refractivity contribution in [2.45, 2.75) is 16.7 Å². The number of ether oxygens (including phenoxy) is 1. The molecule has 0 aromatic heterocycles. The fourth-order valence-electron chi connectivity index (χ4n) is 3.01. The van der Waals surface area contributed by atoms with E-state index in [4.69, 9.17) is 16.3 Å². The molecule has 3 rings (SSSR count). The average Bonchev–Trinajstić information content (AvgIpc) is 2.73. The number of rotatable bonds is 7. The van der Waals surface area contributed by atoms with Gasteiger partial charge in [0.05, 0.1) is 17.4 Å². The van der Waals surface area contributed by atoms with Crippen molar-refractivity contribution in [2.24, 2.45) is 0 Å². The van der Waals surface area contributed by atoms with Gasteiger partial charge in [0.2, 0.25) is 15.9 Å². The summed E-state index contributed by atoms with van der Waals surface area (Å²) in [4.78, 5) is 15.3. The topological polar surface area (TPSA) is 66.9 Å². The summed E-state index contributed by atoms with van der Waals surface area (Å²) in [6, 6.07) is 14.0. The van der Waals surface area contributed by atoms with E-state index in [0.29, 0.717) is 25.4 Å². The van der Waals surface area contributed by atoms with Gasteiger partial charge in [0.15, 0.2) is 0 Å². The molecular weight excluding hydrogens is 432 g/mol. The molecule has 1 saturated heterocycles. The average molecular weight is 455 g/mol. The number of benzene rings is 2. The molecule has 156 valence electrons. The maximum atomic E-state index is 12.8. The summed E-state index contributed by atoms with van der Waals surface area (Å²) in [5.41, 5.74) is 0. The minimum atomic E-state index is -3.66. The summed E-state index contributed by atoms with van der Waals surface area (Å²) in [5.74, 6) is 1.11. The zero-order valence-electron chi connectivity index (χ0n) is 16.1. The van der Waals surface area contributed by atoms with Crippen LogP contribution < -0.4 is 4.74 Å². The van der Waals surface area contributed by atoms with Crippen molar-refractivity contribution in [3.63, 3.8) is 0 Å². The minimum Gasteiger partial charge on any atom is -0.494 e. The molecule has 1 amide bonds. The van der Waals surface area contributed by atoms with E-state index in [9.17, 15) is 13.2 Å².